The molecule has 0 bridgehead atoms. The van der Waals surface area contributed by atoms with Crippen molar-refractivity contribution in [2.45, 2.75) is 39.2 Å². The van der Waals surface area contributed by atoms with Crippen LogP contribution in [-0.4, -0.2) is 52.4 Å². The van der Waals surface area contributed by atoms with Crippen molar-refractivity contribution in [3.05, 3.63) is 5.82 Å². The summed E-state index contributed by atoms with van der Waals surface area (Å²) >= 11 is 0. The van der Waals surface area contributed by atoms with Crippen LogP contribution in [0, 0.1) is 11.3 Å². The molecule has 1 amide bonds. The average molecular weight is 304 g/mol. The molecule has 2 heterocycles. The van der Waals surface area contributed by atoms with E-state index in [-0.39, 0.29) is 23.7 Å². The molecule has 120 valence electrons. The summed E-state index contributed by atoms with van der Waals surface area (Å²) in [7, 11) is 3.62. The summed E-state index contributed by atoms with van der Waals surface area (Å²) in [4.78, 5) is 28.8. The molecule has 1 aromatic heterocycles. The fourth-order valence-corrected chi connectivity index (χ4v) is 3.90. The largest absolute Gasteiger partial charge is 0.368 e. The summed E-state index contributed by atoms with van der Waals surface area (Å²) in [5.74, 6) is 0.952. The summed E-state index contributed by atoms with van der Waals surface area (Å²) < 4.78 is 0. The van der Waals surface area contributed by atoms with E-state index in [0.29, 0.717) is 17.3 Å². The zero-order valence-corrected chi connectivity index (χ0v) is 13.7. The van der Waals surface area contributed by atoms with Crippen LogP contribution >= 0.6 is 0 Å². The summed E-state index contributed by atoms with van der Waals surface area (Å²) in [5, 5.41) is 0. The minimum absolute atomic E-state index is 0.0852. The maximum atomic E-state index is 12.8. The molecule has 1 saturated heterocycles. The molecule has 2 aliphatic rings. The quantitative estimate of drug-likeness (QED) is 0.902. The van der Waals surface area contributed by atoms with E-state index in [1.807, 2.05) is 19.0 Å². The smallest absolute Gasteiger partial charge is 0.292 e. The van der Waals surface area contributed by atoms with Gasteiger partial charge in [-0.1, -0.05) is 20.3 Å². The number of aromatic nitrogens is 3. The highest BCUT2D eigenvalue weighted by Gasteiger charge is 2.58. The highest BCUT2D eigenvalue weighted by atomic mass is 16.2. The van der Waals surface area contributed by atoms with Crippen molar-refractivity contribution in [1.82, 2.24) is 19.9 Å². The first-order chi connectivity index (χ1) is 10.3. The number of hydrogen-bond donors (Lipinski definition) is 1. The molecular weight excluding hydrogens is 280 g/mol. The van der Waals surface area contributed by atoms with Crippen molar-refractivity contribution in [1.29, 1.82) is 0 Å². The fourth-order valence-electron chi connectivity index (χ4n) is 3.90. The van der Waals surface area contributed by atoms with Crippen LogP contribution in [0.4, 0.5) is 11.9 Å². The van der Waals surface area contributed by atoms with E-state index in [1.54, 1.807) is 4.90 Å². The normalized spacial score (nSPS) is 22.4. The van der Waals surface area contributed by atoms with E-state index in [2.05, 4.69) is 28.8 Å². The Hall–Kier alpha value is -1.92. The Morgan fingerprint density at radius 2 is 2.00 bits per heavy atom. The van der Waals surface area contributed by atoms with Crippen LogP contribution in [0.1, 0.15) is 43.7 Å². The predicted molar refractivity (Wildman–Crippen MR) is 84.5 cm³/mol. The molecule has 1 aromatic rings. The first-order valence-electron chi connectivity index (χ1n) is 7.84. The highest BCUT2D eigenvalue weighted by Crippen LogP contribution is 2.55. The van der Waals surface area contributed by atoms with Crippen molar-refractivity contribution < 1.29 is 4.79 Å². The van der Waals surface area contributed by atoms with E-state index < -0.39 is 0 Å². The summed E-state index contributed by atoms with van der Waals surface area (Å²) in [5.41, 5.74) is 6.06. The van der Waals surface area contributed by atoms with Crippen molar-refractivity contribution in [3.63, 3.8) is 0 Å². The van der Waals surface area contributed by atoms with E-state index in [1.165, 1.54) is 19.3 Å². The molecule has 1 atom stereocenters. The number of nitrogen functional groups attached to an aromatic ring is 1. The van der Waals surface area contributed by atoms with Crippen molar-refractivity contribution in [2.24, 2.45) is 11.3 Å². The molecule has 22 heavy (non-hydrogen) atoms. The molecule has 0 radical (unpaired) electrons. The van der Waals surface area contributed by atoms with Crippen LogP contribution in [0.3, 0.4) is 0 Å². The van der Waals surface area contributed by atoms with Gasteiger partial charge in [-0.3, -0.25) is 4.79 Å². The van der Waals surface area contributed by atoms with Gasteiger partial charge in [0.2, 0.25) is 17.7 Å². The number of rotatable bonds is 3. The second-order valence-electron chi connectivity index (χ2n) is 7.05. The third-order valence-electron chi connectivity index (χ3n) is 4.92. The van der Waals surface area contributed by atoms with Gasteiger partial charge in [-0.25, -0.2) is 0 Å². The maximum Gasteiger partial charge on any atom is 0.292 e. The summed E-state index contributed by atoms with van der Waals surface area (Å²) in [6.45, 7) is 5.17. The second-order valence-corrected chi connectivity index (χ2v) is 7.05. The molecule has 1 aliphatic carbocycles. The van der Waals surface area contributed by atoms with Gasteiger partial charge in [-0.05, 0) is 18.8 Å². The average Bonchev–Trinajstić information content (AvgIpc) is 2.34. The first kappa shape index (κ1) is 15.0. The molecule has 1 spiro atoms. The molecule has 1 aliphatic heterocycles. The number of amides is 1. The molecule has 0 aromatic carbocycles. The van der Waals surface area contributed by atoms with Gasteiger partial charge in [0, 0.05) is 32.1 Å². The lowest BCUT2D eigenvalue weighted by molar-refractivity contribution is -0.121. The van der Waals surface area contributed by atoms with E-state index >= 15 is 0 Å². The Kier molecular flexibility index (Phi) is 3.45. The lowest BCUT2D eigenvalue weighted by atomic mass is 9.55. The third-order valence-corrected chi connectivity index (χ3v) is 4.92. The third kappa shape index (κ3) is 2.19. The Labute approximate surface area is 130 Å². The van der Waals surface area contributed by atoms with Gasteiger partial charge in [0.1, 0.15) is 0 Å². The van der Waals surface area contributed by atoms with Crippen LogP contribution < -0.4 is 10.6 Å². The van der Waals surface area contributed by atoms with Crippen LogP contribution in [0.25, 0.3) is 0 Å². The van der Waals surface area contributed by atoms with E-state index in [0.717, 1.165) is 6.54 Å². The van der Waals surface area contributed by atoms with Gasteiger partial charge in [0.25, 0.3) is 5.91 Å². The zero-order valence-electron chi connectivity index (χ0n) is 13.7. The van der Waals surface area contributed by atoms with Crippen molar-refractivity contribution >= 4 is 17.8 Å². The van der Waals surface area contributed by atoms with Crippen molar-refractivity contribution in [3.8, 4) is 0 Å². The topological polar surface area (TPSA) is 88.2 Å². The van der Waals surface area contributed by atoms with Gasteiger partial charge in [0.05, 0.1) is 0 Å². The van der Waals surface area contributed by atoms with Gasteiger partial charge >= 0.3 is 0 Å². The number of anilines is 2. The number of nitrogens with zero attached hydrogens (tertiary/aromatic N) is 5. The minimum atomic E-state index is -0.131. The zero-order chi connectivity index (χ0) is 16.1. The predicted octanol–water partition coefficient (Wildman–Crippen LogP) is 1.17. The van der Waals surface area contributed by atoms with Crippen molar-refractivity contribution in [2.75, 3.05) is 31.3 Å². The highest BCUT2D eigenvalue weighted by molar-refractivity contribution is 5.92. The van der Waals surface area contributed by atoms with Crippen LogP contribution in [0.5, 0.6) is 0 Å². The monoisotopic (exact) mass is 304 g/mol. The summed E-state index contributed by atoms with van der Waals surface area (Å²) in [6, 6.07) is 0.287. The van der Waals surface area contributed by atoms with E-state index in [4.69, 9.17) is 5.73 Å². The first-order valence-corrected chi connectivity index (χ1v) is 7.84. The van der Waals surface area contributed by atoms with Gasteiger partial charge in [0.15, 0.2) is 0 Å². The van der Waals surface area contributed by atoms with Crippen LogP contribution in [0.2, 0.25) is 0 Å². The van der Waals surface area contributed by atoms with Gasteiger partial charge < -0.3 is 15.5 Å². The SMILES string of the molecule is CC(C)C1N(C(=O)c2nc(N)nc(N(C)C)n2)CC12CCC2. The Morgan fingerprint density at radius 1 is 1.32 bits per heavy atom. The minimum Gasteiger partial charge on any atom is -0.368 e. The molecule has 7 nitrogen and oxygen atoms in total. The van der Waals surface area contributed by atoms with Gasteiger partial charge in [-0.2, -0.15) is 15.0 Å². The van der Waals surface area contributed by atoms with Crippen LogP contribution in [0.15, 0.2) is 0 Å². The van der Waals surface area contributed by atoms with E-state index in [9.17, 15) is 4.79 Å². The standard InChI is InChI=1S/C15H24N6O/c1-9(2)10-15(6-5-7-15)8-21(10)12(22)11-17-13(16)19-14(18-11)20(3)4/h9-10H,5-8H2,1-4H3,(H2,16,17,18,19). The lowest BCUT2D eigenvalue weighted by Crippen LogP contribution is -2.70. The second kappa shape index (κ2) is 5.07. The Morgan fingerprint density at radius 3 is 2.50 bits per heavy atom. The molecule has 2 fully saturated rings. The maximum absolute atomic E-state index is 12.8. The number of nitrogens with two attached hydrogens (primary N) is 1. The number of carbonyl (C=O) groups excluding carboxylic acids is 1. The molecular formula is C15H24N6O. The van der Waals surface area contributed by atoms with Gasteiger partial charge in [-0.15, -0.1) is 0 Å². The molecule has 1 unspecified atom stereocenters. The molecule has 3 rings (SSSR count). The van der Waals surface area contributed by atoms with Crippen LogP contribution in [-0.2, 0) is 0 Å². The Bertz CT molecular complexity index is 596. The molecule has 2 N–H and O–H groups in total. The summed E-state index contributed by atoms with van der Waals surface area (Å²) in [6.07, 6.45) is 3.72. The lowest BCUT2D eigenvalue weighted by Gasteiger charge is -2.63. The molecule has 7 heteroatoms. The number of likely N-dealkylation sites (tertiary alicyclic amines) is 1. The number of hydrogen-bond acceptors (Lipinski definition) is 6. The Balaban J connectivity index is 1.85. The number of carbonyl (C=O) groups is 1. The fraction of sp³-hybridized carbons (Fsp3) is 0.733. The molecule has 1 saturated carbocycles.